The summed E-state index contributed by atoms with van der Waals surface area (Å²) in [7, 11) is 0. The van der Waals surface area contributed by atoms with Gasteiger partial charge in [0.15, 0.2) is 5.82 Å². The molecule has 3 aromatic rings. The highest BCUT2D eigenvalue weighted by molar-refractivity contribution is 5.64. The molecule has 0 aliphatic heterocycles. The van der Waals surface area contributed by atoms with Crippen LogP contribution in [0.4, 0.5) is 4.39 Å². The van der Waals surface area contributed by atoms with Gasteiger partial charge in [0, 0.05) is 23.5 Å². The van der Waals surface area contributed by atoms with Crippen LogP contribution in [-0.4, -0.2) is 29.4 Å². The highest BCUT2D eigenvalue weighted by Crippen LogP contribution is 2.25. The molecule has 3 rings (SSSR count). The largest absolute Gasteiger partial charge is 0.494 e. The minimum absolute atomic E-state index is 0.108. The van der Waals surface area contributed by atoms with Crippen molar-refractivity contribution < 1.29 is 13.9 Å². The minimum atomic E-state index is -0.920. The molecule has 0 spiro atoms. The molecule has 1 unspecified atom stereocenters. The van der Waals surface area contributed by atoms with Crippen LogP contribution in [0.1, 0.15) is 129 Å². The van der Waals surface area contributed by atoms with Crippen molar-refractivity contribution in [1.82, 2.24) is 9.97 Å². The van der Waals surface area contributed by atoms with Gasteiger partial charge in [0.25, 0.3) is 0 Å². The van der Waals surface area contributed by atoms with Crippen LogP contribution in [0.15, 0.2) is 60.9 Å². The van der Waals surface area contributed by atoms with E-state index in [-0.39, 0.29) is 6.61 Å². The number of nitrogens with zero attached hydrogens (tertiary/aromatic N) is 2. The van der Waals surface area contributed by atoms with Gasteiger partial charge < -0.3 is 9.47 Å². The van der Waals surface area contributed by atoms with Gasteiger partial charge in [-0.25, -0.2) is 14.4 Å². The summed E-state index contributed by atoms with van der Waals surface area (Å²) in [5.74, 6) is 2.26. The molecule has 44 heavy (non-hydrogen) atoms. The van der Waals surface area contributed by atoms with Crippen molar-refractivity contribution >= 4 is 0 Å². The number of halogens is 1. The van der Waals surface area contributed by atoms with Crippen LogP contribution in [0.5, 0.6) is 11.5 Å². The third kappa shape index (κ3) is 14.7. The molecule has 5 heteroatoms. The zero-order valence-electron chi connectivity index (χ0n) is 27.6. The highest BCUT2D eigenvalue weighted by Gasteiger charge is 2.09. The van der Waals surface area contributed by atoms with Crippen molar-refractivity contribution in [3.05, 3.63) is 60.9 Å². The summed E-state index contributed by atoms with van der Waals surface area (Å²) in [6, 6.07) is 15.7. The Balaban J connectivity index is 1.32. The third-order valence-electron chi connectivity index (χ3n) is 8.27. The molecule has 0 N–H and O–H groups in total. The molecule has 0 amide bonds. The molecule has 1 atom stereocenters. The first-order valence-electron chi connectivity index (χ1n) is 17.6. The Morgan fingerprint density at radius 3 is 1.52 bits per heavy atom. The van der Waals surface area contributed by atoms with E-state index >= 15 is 0 Å². The van der Waals surface area contributed by atoms with E-state index in [0.29, 0.717) is 18.0 Å². The fourth-order valence-corrected chi connectivity index (χ4v) is 5.44. The van der Waals surface area contributed by atoms with Gasteiger partial charge in [0.1, 0.15) is 24.3 Å². The lowest BCUT2D eigenvalue weighted by Gasteiger charge is -2.11. The van der Waals surface area contributed by atoms with Gasteiger partial charge in [-0.15, -0.1) is 0 Å². The van der Waals surface area contributed by atoms with E-state index in [4.69, 9.17) is 9.47 Å². The van der Waals surface area contributed by atoms with Crippen LogP contribution in [0.2, 0.25) is 0 Å². The zero-order chi connectivity index (χ0) is 31.1. The minimum Gasteiger partial charge on any atom is -0.494 e. The maximum absolute atomic E-state index is 14.3. The molecular formula is C39H57FN2O2. The van der Waals surface area contributed by atoms with Crippen molar-refractivity contribution in [2.45, 2.75) is 136 Å². The maximum atomic E-state index is 14.3. The summed E-state index contributed by atoms with van der Waals surface area (Å²) in [5.41, 5.74) is 2.89. The molecular weight excluding hydrogens is 547 g/mol. The molecule has 2 aromatic carbocycles. The normalized spacial score (nSPS) is 11.9. The molecule has 0 fully saturated rings. The number of alkyl halides is 1. The number of rotatable bonds is 25. The zero-order valence-corrected chi connectivity index (χ0v) is 27.6. The maximum Gasteiger partial charge on any atom is 0.159 e. The Kier molecular flexibility index (Phi) is 18.2. The molecule has 0 saturated heterocycles. The first-order valence-corrected chi connectivity index (χ1v) is 17.6. The summed E-state index contributed by atoms with van der Waals surface area (Å²) in [6.07, 6.45) is 24.9. The Morgan fingerprint density at radius 1 is 0.523 bits per heavy atom. The lowest BCUT2D eigenvalue weighted by atomic mass is 10.1. The summed E-state index contributed by atoms with van der Waals surface area (Å²) in [6.45, 7) is 5.37. The molecule has 0 saturated carbocycles. The van der Waals surface area contributed by atoms with E-state index < -0.39 is 6.17 Å². The van der Waals surface area contributed by atoms with Crippen LogP contribution in [0.3, 0.4) is 0 Å². The Labute approximate surface area is 267 Å². The van der Waals surface area contributed by atoms with E-state index in [1.807, 2.05) is 60.9 Å². The van der Waals surface area contributed by atoms with Crippen LogP contribution >= 0.6 is 0 Å². The van der Waals surface area contributed by atoms with Crippen LogP contribution in [0, 0.1) is 0 Å². The molecule has 242 valence electrons. The Morgan fingerprint density at radius 2 is 0.977 bits per heavy atom. The van der Waals surface area contributed by atoms with E-state index in [1.165, 1.54) is 89.9 Å². The fraction of sp³-hybridized carbons (Fsp3) is 0.590. The van der Waals surface area contributed by atoms with Crippen molar-refractivity contribution in [2.75, 3.05) is 13.2 Å². The summed E-state index contributed by atoms with van der Waals surface area (Å²) < 4.78 is 26.0. The van der Waals surface area contributed by atoms with E-state index in [2.05, 4.69) is 23.8 Å². The molecule has 1 aromatic heterocycles. The Bertz CT molecular complexity index is 1100. The van der Waals surface area contributed by atoms with Crippen molar-refractivity contribution in [3.8, 4) is 34.0 Å². The number of benzene rings is 2. The topological polar surface area (TPSA) is 44.2 Å². The van der Waals surface area contributed by atoms with E-state index in [0.717, 1.165) is 48.3 Å². The lowest BCUT2D eigenvalue weighted by Crippen LogP contribution is -2.12. The van der Waals surface area contributed by atoms with Crippen LogP contribution in [0.25, 0.3) is 22.5 Å². The SMILES string of the molecule is CCCCCCCCCCCOc1ccc(-c2ncc(-c3ccc(OCC(F)CCCCCCCCCC)cc3)cn2)cc1. The lowest BCUT2D eigenvalue weighted by molar-refractivity contribution is 0.184. The van der Waals surface area contributed by atoms with E-state index in [9.17, 15) is 4.39 Å². The predicted molar refractivity (Wildman–Crippen MR) is 183 cm³/mol. The fourth-order valence-electron chi connectivity index (χ4n) is 5.44. The molecule has 0 aliphatic carbocycles. The average Bonchev–Trinajstić information content (AvgIpc) is 3.06. The smallest absolute Gasteiger partial charge is 0.159 e. The van der Waals surface area contributed by atoms with Crippen LogP contribution in [-0.2, 0) is 0 Å². The molecule has 1 heterocycles. The molecule has 0 aliphatic rings. The van der Waals surface area contributed by atoms with E-state index in [1.54, 1.807) is 0 Å². The first kappa shape index (κ1) is 35.5. The van der Waals surface area contributed by atoms with Gasteiger partial charge in [-0.1, -0.05) is 129 Å². The third-order valence-corrected chi connectivity index (χ3v) is 8.27. The molecule has 4 nitrogen and oxygen atoms in total. The van der Waals surface area contributed by atoms with Gasteiger partial charge in [0.2, 0.25) is 0 Å². The summed E-state index contributed by atoms with van der Waals surface area (Å²) in [4.78, 5) is 9.18. The Hall–Kier alpha value is -2.95. The summed E-state index contributed by atoms with van der Waals surface area (Å²) >= 11 is 0. The second kappa shape index (κ2) is 22.5. The number of aromatic nitrogens is 2. The number of unbranched alkanes of at least 4 members (excludes halogenated alkanes) is 15. The van der Waals surface area contributed by atoms with Crippen molar-refractivity contribution in [1.29, 1.82) is 0 Å². The van der Waals surface area contributed by atoms with Crippen LogP contribution < -0.4 is 9.47 Å². The quantitative estimate of drug-likeness (QED) is 0.0902. The van der Waals surface area contributed by atoms with Gasteiger partial charge in [-0.3, -0.25) is 0 Å². The second-order valence-electron chi connectivity index (χ2n) is 12.2. The van der Waals surface area contributed by atoms with Gasteiger partial charge in [0.05, 0.1) is 6.61 Å². The molecule has 0 bridgehead atoms. The summed E-state index contributed by atoms with van der Waals surface area (Å²) in [5, 5.41) is 0. The number of hydrogen-bond donors (Lipinski definition) is 0. The first-order chi connectivity index (χ1) is 21.7. The second-order valence-corrected chi connectivity index (χ2v) is 12.2. The number of ether oxygens (including phenoxy) is 2. The van der Waals surface area contributed by atoms with Gasteiger partial charge in [-0.05, 0) is 54.8 Å². The predicted octanol–water partition coefficient (Wildman–Crippen LogP) is 12.0. The monoisotopic (exact) mass is 604 g/mol. The highest BCUT2D eigenvalue weighted by atomic mass is 19.1. The molecule has 0 radical (unpaired) electrons. The van der Waals surface area contributed by atoms with Crippen molar-refractivity contribution in [3.63, 3.8) is 0 Å². The standard InChI is InChI=1S/C39H57FN2O2/c1-3-5-7-9-11-13-15-17-19-29-43-37-27-23-34(24-28-37)39-41-30-35(31-42-39)33-21-25-38(26-22-33)44-32-36(40)20-18-16-14-12-10-8-6-4-2/h21-28,30-31,36H,3-20,29,32H2,1-2H3. The average molecular weight is 605 g/mol. The number of hydrogen-bond acceptors (Lipinski definition) is 4. The van der Waals surface area contributed by atoms with Crippen molar-refractivity contribution in [2.24, 2.45) is 0 Å². The van der Waals surface area contributed by atoms with Gasteiger partial charge >= 0.3 is 0 Å². The van der Waals surface area contributed by atoms with Gasteiger partial charge in [-0.2, -0.15) is 0 Å².